The third-order valence-electron chi connectivity index (χ3n) is 4.40. The number of fused-ring (bicyclic) bond motifs is 1. The van der Waals surface area contributed by atoms with Gasteiger partial charge in [0.15, 0.2) is 5.17 Å². The van der Waals surface area contributed by atoms with Crippen LogP contribution in [0.4, 0.5) is 0 Å². The van der Waals surface area contributed by atoms with E-state index < -0.39 is 0 Å². The quantitative estimate of drug-likeness (QED) is 0.653. The Hall–Kier alpha value is -1.28. The summed E-state index contributed by atoms with van der Waals surface area (Å²) in [6, 6.07) is 12.7. The van der Waals surface area contributed by atoms with E-state index in [1.165, 1.54) is 5.56 Å². The average molecular weight is 451 g/mol. The molecule has 0 amide bonds. The highest BCUT2D eigenvalue weighted by Crippen LogP contribution is 2.47. The van der Waals surface area contributed by atoms with Gasteiger partial charge in [-0.15, -0.1) is 0 Å². The van der Waals surface area contributed by atoms with Crippen molar-refractivity contribution in [1.29, 1.82) is 0 Å². The molecular weight excluding hydrogens is 433 g/mol. The first-order chi connectivity index (χ1) is 11.7. The highest BCUT2D eigenvalue weighted by Gasteiger charge is 2.43. The Morgan fingerprint density at radius 1 is 1.29 bits per heavy atom. The van der Waals surface area contributed by atoms with Crippen molar-refractivity contribution in [3.63, 3.8) is 0 Å². The number of aromatic nitrogens is 1. The van der Waals surface area contributed by atoms with Crippen LogP contribution in [-0.2, 0) is 0 Å². The molecule has 1 aromatic heterocycles. The summed E-state index contributed by atoms with van der Waals surface area (Å²) < 4.78 is 6.54. The number of hydrogen-bond donors (Lipinski definition) is 0. The maximum Gasteiger partial charge on any atom is 0.160 e. The lowest BCUT2D eigenvalue weighted by molar-refractivity contribution is 0.320. The molecule has 124 valence electrons. The summed E-state index contributed by atoms with van der Waals surface area (Å²) in [5.41, 5.74) is 2.30. The minimum Gasteiger partial charge on any atom is -0.496 e. The Bertz CT molecular complexity index is 783. The van der Waals surface area contributed by atoms with E-state index in [1.807, 2.05) is 30.1 Å². The van der Waals surface area contributed by atoms with Gasteiger partial charge >= 0.3 is 0 Å². The molecule has 4 rings (SSSR count). The van der Waals surface area contributed by atoms with Gasteiger partial charge in [0.25, 0.3) is 0 Å². The first-order valence-electron chi connectivity index (χ1n) is 7.93. The maximum absolute atomic E-state index is 5.41. The van der Waals surface area contributed by atoms with Gasteiger partial charge in [-0.2, -0.15) is 0 Å². The summed E-state index contributed by atoms with van der Waals surface area (Å²) in [4.78, 5) is 12.0. The molecule has 3 atom stereocenters. The Balaban J connectivity index is 1.77. The second-order valence-corrected chi connectivity index (χ2v) is 8.60. The zero-order valence-corrected chi connectivity index (χ0v) is 16.5. The van der Waals surface area contributed by atoms with Gasteiger partial charge in [0, 0.05) is 18.0 Å². The van der Waals surface area contributed by atoms with E-state index in [0.29, 0.717) is 5.25 Å². The van der Waals surface area contributed by atoms with Crippen molar-refractivity contribution >= 4 is 39.5 Å². The standard InChI is InChI=1S/C18H18IN3OS/c1-11-10-22-17(12-6-7-15(23-2)13(19)9-12)16(21-18(22)24-11)14-5-3-4-8-20-14/h3-9,11,16-17H,10H2,1-2H3/t11-,16+,17-/m1/s1. The number of aliphatic imine (C=N–C) groups is 1. The molecule has 4 nitrogen and oxygen atoms in total. The molecule has 0 N–H and O–H groups in total. The van der Waals surface area contributed by atoms with Crippen LogP contribution in [0.2, 0.25) is 0 Å². The van der Waals surface area contributed by atoms with Crippen LogP contribution < -0.4 is 4.74 Å². The molecule has 0 spiro atoms. The van der Waals surface area contributed by atoms with Crippen LogP contribution in [0.5, 0.6) is 5.75 Å². The summed E-state index contributed by atoms with van der Waals surface area (Å²) in [5, 5.41) is 1.72. The lowest BCUT2D eigenvalue weighted by Crippen LogP contribution is -2.28. The first-order valence-corrected chi connectivity index (χ1v) is 9.88. The number of thioether (sulfide) groups is 1. The summed E-state index contributed by atoms with van der Waals surface area (Å²) >= 11 is 4.20. The normalized spacial score (nSPS) is 25.5. The number of ether oxygens (including phenoxy) is 1. The fraction of sp³-hybridized carbons (Fsp3) is 0.333. The molecule has 0 aliphatic carbocycles. The van der Waals surface area contributed by atoms with Crippen molar-refractivity contribution in [2.45, 2.75) is 24.3 Å². The van der Waals surface area contributed by atoms with E-state index in [-0.39, 0.29) is 12.1 Å². The number of hydrogen-bond acceptors (Lipinski definition) is 5. The second-order valence-electron chi connectivity index (χ2n) is 6.03. The maximum atomic E-state index is 5.41. The monoisotopic (exact) mass is 451 g/mol. The summed E-state index contributed by atoms with van der Waals surface area (Å²) in [5.74, 6) is 0.914. The molecule has 1 aromatic carbocycles. The Labute approximate surface area is 159 Å². The molecule has 2 aromatic rings. The molecule has 0 unspecified atom stereocenters. The topological polar surface area (TPSA) is 37.7 Å². The fourth-order valence-corrected chi connectivity index (χ4v) is 5.20. The molecule has 6 heteroatoms. The van der Waals surface area contributed by atoms with Crippen molar-refractivity contribution in [3.8, 4) is 5.75 Å². The SMILES string of the molecule is COc1ccc([C@@H]2[C@H](c3ccccn3)N=C3S[C@H](C)CN32)cc1I. The highest BCUT2D eigenvalue weighted by molar-refractivity contribution is 14.1. The van der Waals surface area contributed by atoms with Crippen molar-refractivity contribution in [2.75, 3.05) is 13.7 Å². The van der Waals surface area contributed by atoms with Gasteiger partial charge in [0.1, 0.15) is 11.8 Å². The third kappa shape index (κ3) is 2.79. The summed E-state index contributed by atoms with van der Waals surface area (Å²) in [6.07, 6.45) is 1.85. The minimum atomic E-state index is 0.0467. The van der Waals surface area contributed by atoms with Crippen LogP contribution in [-0.4, -0.2) is 34.0 Å². The summed E-state index contributed by atoms with van der Waals surface area (Å²) in [7, 11) is 1.71. The largest absolute Gasteiger partial charge is 0.496 e. The average Bonchev–Trinajstić information content (AvgIpc) is 3.11. The summed E-state index contributed by atoms with van der Waals surface area (Å²) in [6.45, 7) is 3.29. The molecule has 3 heterocycles. The zero-order chi connectivity index (χ0) is 16.7. The molecular formula is C18H18IN3OS. The van der Waals surface area contributed by atoms with Crippen LogP contribution in [0.25, 0.3) is 0 Å². The van der Waals surface area contributed by atoms with E-state index in [4.69, 9.17) is 9.73 Å². The number of benzene rings is 1. The van der Waals surface area contributed by atoms with Gasteiger partial charge in [0.05, 0.1) is 22.4 Å². The third-order valence-corrected chi connectivity index (χ3v) is 6.34. The lowest BCUT2D eigenvalue weighted by atomic mass is 9.96. The van der Waals surface area contributed by atoms with Crippen LogP contribution in [0.1, 0.15) is 30.3 Å². The second kappa shape index (κ2) is 6.55. The van der Waals surface area contributed by atoms with Gasteiger partial charge in [-0.25, -0.2) is 0 Å². The lowest BCUT2D eigenvalue weighted by Gasteiger charge is -2.27. The van der Waals surface area contributed by atoms with E-state index in [9.17, 15) is 0 Å². The van der Waals surface area contributed by atoms with Gasteiger partial charge in [-0.1, -0.05) is 30.8 Å². The Morgan fingerprint density at radius 3 is 2.88 bits per heavy atom. The van der Waals surface area contributed by atoms with Gasteiger partial charge in [-0.05, 0) is 52.4 Å². The van der Waals surface area contributed by atoms with Crippen LogP contribution in [0.15, 0.2) is 47.6 Å². The number of nitrogens with zero attached hydrogens (tertiary/aromatic N) is 3. The smallest absolute Gasteiger partial charge is 0.160 e. The predicted octanol–water partition coefficient (Wildman–Crippen LogP) is 4.28. The molecule has 0 saturated carbocycles. The van der Waals surface area contributed by atoms with Gasteiger partial charge in [-0.3, -0.25) is 9.98 Å². The molecule has 2 aliphatic heterocycles. The number of amidine groups is 1. The predicted molar refractivity (Wildman–Crippen MR) is 107 cm³/mol. The van der Waals surface area contributed by atoms with Crippen molar-refractivity contribution < 1.29 is 4.74 Å². The van der Waals surface area contributed by atoms with Crippen LogP contribution >= 0.6 is 34.4 Å². The zero-order valence-electron chi connectivity index (χ0n) is 13.5. The van der Waals surface area contributed by atoms with Crippen molar-refractivity contribution in [2.24, 2.45) is 4.99 Å². The first kappa shape index (κ1) is 16.2. The molecule has 1 fully saturated rings. The molecule has 2 aliphatic rings. The minimum absolute atomic E-state index is 0.0467. The highest BCUT2D eigenvalue weighted by atomic mass is 127. The number of methoxy groups -OCH3 is 1. The van der Waals surface area contributed by atoms with Crippen LogP contribution in [0, 0.1) is 3.57 Å². The fourth-order valence-electron chi connectivity index (χ4n) is 3.34. The van der Waals surface area contributed by atoms with Crippen molar-refractivity contribution in [1.82, 2.24) is 9.88 Å². The van der Waals surface area contributed by atoms with Gasteiger partial charge in [0.2, 0.25) is 0 Å². The van der Waals surface area contributed by atoms with Crippen LogP contribution in [0.3, 0.4) is 0 Å². The van der Waals surface area contributed by atoms with Crippen molar-refractivity contribution in [3.05, 3.63) is 57.4 Å². The molecule has 1 saturated heterocycles. The number of rotatable bonds is 3. The molecule has 24 heavy (non-hydrogen) atoms. The Kier molecular flexibility index (Phi) is 4.42. The van der Waals surface area contributed by atoms with E-state index >= 15 is 0 Å². The molecule has 0 bridgehead atoms. The van der Waals surface area contributed by atoms with Gasteiger partial charge < -0.3 is 9.64 Å². The number of pyridine rings is 1. The Morgan fingerprint density at radius 2 is 2.17 bits per heavy atom. The van der Waals surface area contributed by atoms with E-state index in [0.717, 1.165) is 26.7 Å². The molecule has 0 radical (unpaired) electrons. The van der Waals surface area contributed by atoms with E-state index in [1.54, 1.807) is 7.11 Å². The number of halogens is 1. The van der Waals surface area contributed by atoms with E-state index in [2.05, 4.69) is 63.7 Å².